The highest BCUT2D eigenvalue weighted by Gasteiger charge is 2.07. The van der Waals surface area contributed by atoms with Gasteiger partial charge in [-0.25, -0.2) is 0 Å². The first-order chi connectivity index (χ1) is 9.58. The van der Waals surface area contributed by atoms with Crippen LogP contribution >= 0.6 is 0 Å². The third-order valence-electron chi connectivity index (χ3n) is 3.15. The molecule has 0 bridgehead atoms. The number of methoxy groups -OCH3 is 1. The SMILES string of the molecule is COc1ccc(NC(=O)Cc2cccc(C)c2)c(C)c1. The molecule has 0 heterocycles. The zero-order valence-corrected chi connectivity index (χ0v) is 12.1. The zero-order valence-electron chi connectivity index (χ0n) is 12.1. The van der Waals surface area contributed by atoms with E-state index in [-0.39, 0.29) is 5.91 Å². The Bertz CT molecular complexity index is 620. The number of hydrogen-bond donors (Lipinski definition) is 1. The minimum atomic E-state index is -0.0103. The number of nitrogens with one attached hydrogen (secondary N) is 1. The maximum absolute atomic E-state index is 12.1. The van der Waals surface area contributed by atoms with Crippen LogP contribution in [0, 0.1) is 13.8 Å². The summed E-state index contributed by atoms with van der Waals surface area (Å²) in [6.07, 6.45) is 0.382. The van der Waals surface area contributed by atoms with E-state index in [1.165, 1.54) is 0 Å². The molecule has 0 aliphatic heterocycles. The van der Waals surface area contributed by atoms with Gasteiger partial charge in [-0.3, -0.25) is 4.79 Å². The molecule has 0 atom stereocenters. The number of carbonyl (C=O) groups is 1. The molecule has 3 nitrogen and oxygen atoms in total. The van der Waals surface area contributed by atoms with Crippen LogP contribution in [0.3, 0.4) is 0 Å². The largest absolute Gasteiger partial charge is 0.497 e. The van der Waals surface area contributed by atoms with Crippen LogP contribution in [-0.4, -0.2) is 13.0 Å². The van der Waals surface area contributed by atoms with E-state index in [4.69, 9.17) is 4.74 Å². The maximum Gasteiger partial charge on any atom is 0.228 e. The summed E-state index contributed by atoms with van der Waals surface area (Å²) in [6.45, 7) is 3.97. The molecule has 2 aromatic carbocycles. The van der Waals surface area contributed by atoms with Gasteiger partial charge in [0.15, 0.2) is 0 Å². The fraction of sp³-hybridized carbons (Fsp3) is 0.235. The summed E-state index contributed by atoms with van der Waals surface area (Å²) >= 11 is 0. The molecular weight excluding hydrogens is 250 g/mol. The smallest absolute Gasteiger partial charge is 0.228 e. The lowest BCUT2D eigenvalue weighted by Gasteiger charge is -2.10. The van der Waals surface area contributed by atoms with E-state index in [1.54, 1.807) is 7.11 Å². The minimum absolute atomic E-state index is 0.0103. The fourth-order valence-electron chi connectivity index (χ4n) is 2.11. The number of aryl methyl sites for hydroxylation is 2. The molecule has 0 unspecified atom stereocenters. The second-order valence-electron chi connectivity index (χ2n) is 4.89. The Morgan fingerprint density at radius 1 is 1.15 bits per heavy atom. The summed E-state index contributed by atoms with van der Waals surface area (Å²) in [4.78, 5) is 12.1. The summed E-state index contributed by atoms with van der Waals surface area (Å²) in [7, 11) is 1.63. The van der Waals surface area contributed by atoms with Crippen LogP contribution in [0.5, 0.6) is 5.75 Å². The first-order valence-electron chi connectivity index (χ1n) is 6.58. The van der Waals surface area contributed by atoms with Crippen molar-refractivity contribution in [3.8, 4) is 5.75 Å². The van der Waals surface area contributed by atoms with Crippen LogP contribution in [0.1, 0.15) is 16.7 Å². The van der Waals surface area contributed by atoms with Crippen molar-refractivity contribution in [1.82, 2.24) is 0 Å². The molecule has 0 fully saturated rings. The van der Waals surface area contributed by atoms with Crippen molar-refractivity contribution < 1.29 is 9.53 Å². The Balaban J connectivity index is 2.05. The van der Waals surface area contributed by atoms with E-state index in [1.807, 2.05) is 56.3 Å². The lowest BCUT2D eigenvalue weighted by Crippen LogP contribution is -2.15. The van der Waals surface area contributed by atoms with Gasteiger partial charge >= 0.3 is 0 Å². The van der Waals surface area contributed by atoms with Gasteiger partial charge in [-0.2, -0.15) is 0 Å². The van der Waals surface area contributed by atoms with E-state index in [0.717, 1.165) is 28.1 Å². The first-order valence-corrected chi connectivity index (χ1v) is 6.58. The molecule has 2 aromatic rings. The third kappa shape index (κ3) is 3.60. The molecule has 0 saturated carbocycles. The zero-order chi connectivity index (χ0) is 14.5. The molecule has 0 aliphatic rings. The third-order valence-corrected chi connectivity index (χ3v) is 3.15. The average Bonchev–Trinajstić information content (AvgIpc) is 2.41. The van der Waals surface area contributed by atoms with Crippen molar-refractivity contribution in [2.75, 3.05) is 12.4 Å². The van der Waals surface area contributed by atoms with Gasteiger partial charge in [0.25, 0.3) is 0 Å². The van der Waals surface area contributed by atoms with Crippen LogP contribution in [0.15, 0.2) is 42.5 Å². The number of rotatable bonds is 4. The molecule has 104 valence electrons. The summed E-state index contributed by atoms with van der Waals surface area (Å²) in [6, 6.07) is 13.6. The number of anilines is 1. The van der Waals surface area contributed by atoms with Gasteiger partial charge in [0, 0.05) is 5.69 Å². The van der Waals surface area contributed by atoms with E-state index < -0.39 is 0 Å². The van der Waals surface area contributed by atoms with Crippen molar-refractivity contribution in [3.63, 3.8) is 0 Å². The summed E-state index contributed by atoms with van der Waals surface area (Å²) in [5, 5.41) is 2.93. The molecule has 0 radical (unpaired) electrons. The van der Waals surface area contributed by atoms with Gasteiger partial charge in [-0.1, -0.05) is 29.8 Å². The lowest BCUT2D eigenvalue weighted by atomic mass is 10.1. The topological polar surface area (TPSA) is 38.3 Å². The van der Waals surface area contributed by atoms with E-state index >= 15 is 0 Å². The molecule has 1 amide bonds. The van der Waals surface area contributed by atoms with Crippen molar-refractivity contribution >= 4 is 11.6 Å². The van der Waals surface area contributed by atoms with Gasteiger partial charge in [-0.15, -0.1) is 0 Å². The minimum Gasteiger partial charge on any atom is -0.497 e. The highest BCUT2D eigenvalue weighted by atomic mass is 16.5. The number of ether oxygens (including phenoxy) is 1. The van der Waals surface area contributed by atoms with Gasteiger partial charge in [0.1, 0.15) is 5.75 Å². The van der Waals surface area contributed by atoms with E-state index in [9.17, 15) is 4.79 Å². The van der Waals surface area contributed by atoms with Gasteiger partial charge in [-0.05, 0) is 43.2 Å². The molecule has 0 saturated heterocycles. The van der Waals surface area contributed by atoms with Crippen LogP contribution < -0.4 is 10.1 Å². The average molecular weight is 269 g/mol. The standard InChI is InChI=1S/C17H19NO2/c1-12-5-4-6-14(9-12)11-17(19)18-16-8-7-15(20-3)10-13(16)2/h4-10H,11H2,1-3H3,(H,18,19). The molecule has 3 heteroatoms. The predicted molar refractivity (Wildman–Crippen MR) is 81.2 cm³/mol. The summed E-state index contributed by atoms with van der Waals surface area (Å²) in [5.74, 6) is 0.781. The number of amides is 1. The van der Waals surface area contributed by atoms with E-state index in [0.29, 0.717) is 6.42 Å². The van der Waals surface area contributed by atoms with E-state index in [2.05, 4.69) is 5.32 Å². The Morgan fingerprint density at radius 2 is 1.95 bits per heavy atom. The lowest BCUT2D eigenvalue weighted by molar-refractivity contribution is -0.115. The molecule has 1 N–H and O–H groups in total. The molecule has 2 rings (SSSR count). The quantitative estimate of drug-likeness (QED) is 0.922. The van der Waals surface area contributed by atoms with Crippen molar-refractivity contribution in [3.05, 3.63) is 59.2 Å². The fourth-order valence-corrected chi connectivity index (χ4v) is 2.11. The van der Waals surface area contributed by atoms with Crippen LogP contribution in [0.25, 0.3) is 0 Å². The maximum atomic E-state index is 12.1. The monoisotopic (exact) mass is 269 g/mol. The molecular formula is C17H19NO2. The second kappa shape index (κ2) is 6.24. The summed E-state index contributed by atoms with van der Waals surface area (Å²) < 4.78 is 5.15. The Kier molecular flexibility index (Phi) is 4.41. The van der Waals surface area contributed by atoms with Crippen molar-refractivity contribution in [2.24, 2.45) is 0 Å². The highest BCUT2D eigenvalue weighted by Crippen LogP contribution is 2.21. The summed E-state index contributed by atoms with van der Waals surface area (Å²) in [5.41, 5.74) is 4.00. The molecule has 0 aromatic heterocycles. The first kappa shape index (κ1) is 14.1. The number of carbonyl (C=O) groups excluding carboxylic acids is 1. The van der Waals surface area contributed by atoms with Crippen LogP contribution in [0.2, 0.25) is 0 Å². The normalized spacial score (nSPS) is 10.2. The van der Waals surface area contributed by atoms with Gasteiger partial charge < -0.3 is 10.1 Å². The number of benzene rings is 2. The highest BCUT2D eigenvalue weighted by molar-refractivity contribution is 5.93. The Hall–Kier alpha value is -2.29. The molecule has 20 heavy (non-hydrogen) atoms. The van der Waals surface area contributed by atoms with Crippen molar-refractivity contribution in [1.29, 1.82) is 0 Å². The predicted octanol–water partition coefficient (Wildman–Crippen LogP) is 3.49. The molecule has 0 spiro atoms. The van der Waals surface area contributed by atoms with Gasteiger partial charge in [0.05, 0.1) is 13.5 Å². The Morgan fingerprint density at radius 3 is 2.60 bits per heavy atom. The van der Waals surface area contributed by atoms with Crippen LogP contribution in [0.4, 0.5) is 5.69 Å². The number of hydrogen-bond acceptors (Lipinski definition) is 2. The Labute approximate surface area is 119 Å². The second-order valence-corrected chi connectivity index (χ2v) is 4.89. The molecule has 0 aliphatic carbocycles. The van der Waals surface area contributed by atoms with Gasteiger partial charge in [0.2, 0.25) is 5.91 Å². The van der Waals surface area contributed by atoms with Crippen molar-refractivity contribution in [2.45, 2.75) is 20.3 Å². The van der Waals surface area contributed by atoms with Crippen LogP contribution in [-0.2, 0) is 11.2 Å².